The molecule has 4 heterocycles. The van der Waals surface area contributed by atoms with E-state index in [-0.39, 0.29) is 40.3 Å². The van der Waals surface area contributed by atoms with Crippen LogP contribution >= 0.6 is 0 Å². The van der Waals surface area contributed by atoms with Crippen LogP contribution in [0.3, 0.4) is 0 Å². The van der Waals surface area contributed by atoms with Crippen molar-refractivity contribution in [1.82, 2.24) is 34.7 Å². The molecule has 1 N–H and O–H groups in total. The van der Waals surface area contributed by atoms with Crippen molar-refractivity contribution in [2.75, 3.05) is 16.5 Å². The van der Waals surface area contributed by atoms with Crippen LogP contribution in [0, 0.1) is 5.92 Å². The maximum absolute atomic E-state index is 13.9. The van der Waals surface area contributed by atoms with E-state index in [9.17, 15) is 26.4 Å². The van der Waals surface area contributed by atoms with Crippen LogP contribution in [0.5, 0.6) is 0 Å². The number of rotatable bonds is 9. The van der Waals surface area contributed by atoms with Gasteiger partial charge in [0.05, 0.1) is 34.9 Å². The van der Waals surface area contributed by atoms with Crippen LogP contribution in [0.4, 0.5) is 24.9 Å². The summed E-state index contributed by atoms with van der Waals surface area (Å²) in [5, 5.41) is 7.30. The summed E-state index contributed by atoms with van der Waals surface area (Å²) in [6.07, 6.45) is 8.49. The van der Waals surface area contributed by atoms with Gasteiger partial charge in [-0.05, 0) is 37.7 Å². The minimum absolute atomic E-state index is 0.0270. The first-order valence-corrected chi connectivity index (χ1v) is 16.6. The molecule has 244 valence electrons. The van der Waals surface area contributed by atoms with Crippen molar-refractivity contribution in [3.05, 3.63) is 55.0 Å². The Morgan fingerprint density at radius 3 is 2.35 bits per heavy atom. The maximum Gasteiger partial charge on any atom is 0.419 e. The van der Waals surface area contributed by atoms with E-state index in [0.717, 1.165) is 30.3 Å². The highest BCUT2D eigenvalue weighted by atomic mass is 32.2. The number of hydrogen-bond donors (Lipinski definition) is 1. The maximum atomic E-state index is 13.9. The van der Waals surface area contributed by atoms with Gasteiger partial charge < -0.3 is 5.32 Å². The monoisotopic (exact) mass is 657 g/mol. The molecule has 12 nitrogen and oxygen atoms in total. The molecule has 0 unspecified atom stereocenters. The van der Waals surface area contributed by atoms with Gasteiger partial charge in [-0.2, -0.15) is 18.3 Å². The van der Waals surface area contributed by atoms with Crippen molar-refractivity contribution >= 4 is 27.5 Å². The summed E-state index contributed by atoms with van der Waals surface area (Å²) in [5.74, 6) is 0.501. The third-order valence-corrected chi connectivity index (χ3v) is 8.72. The summed E-state index contributed by atoms with van der Waals surface area (Å²) >= 11 is 0. The quantitative estimate of drug-likeness (QED) is 0.262. The van der Waals surface area contributed by atoms with Gasteiger partial charge in [-0.15, -0.1) is 0 Å². The Balaban J connectivity index is 1.34. The fraction of sp³-hybridized carbons (Fsp3) is 0.433. The van der Waals surface area contributed by atoms with Crippen LogP contribution in [0.25, 0.3) is 22.5 Å². The molecule has 1 saturated carbocycles. The SMILES string of the molecule is CC(C)CC(=O)N(c1cnc(-c2cnn(C)c2)cn1)[C@H]1CC[C@H](Nc2ncc(C(F)(F)F)c(-c3cncc(S(C)(=O)=O)c3)n2)CC1. The summed E-state index contributed by atoms with van der Waals surface area (Å²) in [7, 11) is -1.91. The predicted octanol–water partition coefficient (Wildman–Crippen LogP) is 4.95. The highest BCUT2D eigenvalue weighted by Gasteiger charge is 2.36. The van der Waals surface area contributed by atoms with E-state index in [2.05, 4.69) is 35.3 Å². The smallest absolute Gasteiger partial charge is 0.351 e. The van der Waals surface area contributed by atoms with E-state index in [4.69, 9.17) is 0 Å². The molecule has 1 aliphatic rings. The second-order valence-corrected chi connectivity index (χ2v) is 13.8. The molecule has 4 aromatic rings. The Labute approximate surface area is 264 Å². The molecule has 1 amide bonds. The highest BCUT2D eigenvalue weighted by Crippen LogP contribution is 2.37. The Hall–Kier alpha value is -4.47. The van der Waals surface area contributed by atoms with Crippen molar-refractivity contribution in [2.45, 2.75) is 69.1 Å². The van der Waals surface area contributed by atoms with E-state index in [1.54, 1.807) is 28.2 Å². The van der Waals surface area contributed by atoms with Crippen LogP contribution < -0.4 is 10.2 Å². The predicted molar refractivity (Wildman–Crippen MR) is 164 cm³/mol. The number of amides is 1. The summed E-state index contributed by atoms with van der Waals surface area (Å²) in [5.41, 5.74) is -0.240. The molecule has 0 aromatic carbocycles. The lowest BCUT2D eigenvalue weighted by molar-refractivity contribution is -0.137. The van der Waals surface area contributed by atoms with Gasteiger partial charge in [0.15, 0.2) is 15.7 Å². The number of aryl methyl sites for hydroxylation is 1. The highest BCUT2D eigenvalue weighted by molar-refractivity contribution is 7.90. The first-order valence-electron chi connectivity index (χ1n) is 14.7. The van der Waals surface area contributed by atoms with Gasteiger partial charge in [0.25, 0.3) is 0 Å². The van der Waals surface area contributed by atoms with Crippen molar-refractivity contribution in [3.8, 4) is 22.5 Å². The number of sulfone groups is 1. The lowest BCUT2D eigenvalue weighted by Crippen LogP contribution is -2.45. The van der Waals surface area contributed by atoms with Gasteiger partial charge in [0, 0.05) is 67.7 Å². The molecule has 0 atom stereocenters. The fourth-order valence-electron chi connectivity index (χ4n) is 5.41. The number of nitrogens with zero attached hydrogens (tertiary/aromatic N) is 8. The summed E-state index contributed by atoms with van der Waals surface area (Å²) < 4.78 is 67.4. The summed E-state index contributed by atoms with van der Waals surface area (Å²) in [4.78, 5) is 35.9. The van der Waals surface area contributed by atoms with Crippen molar-refractivity contribution in [2.24, 2.45) is 13.0 Å². The normalized spacial score (nSPS) is 17.2. The first-order chi connectivity index (χ1) is 21.7. The van der Waals surface area contributed by atoms with Crippen molar-refractivity contribution < 1.29 is 26.4 Å². The number of aromatic nitrogens is 7. The fourth-order valence-corrected chi connectivity index (χ4v) is 6.00. The van der Waals surface area contributed by atoms with Crippen LogP contribution in [0.1, 0.15) is 51.5 Å². The number of hydrogen-bond acceptors (Lipinski definition) is 10. The van der Waals surface area contributed by atoms with Gasteiger partial charge >= 0.3 is 6.18 Å². The third-order valence-electron chi connectivity index (χ3n) is 7.64. The van der Waals surface area contributed by atoms with Gasteiger partial charge in [0.1, 0.15) is 5.56 Å². The standard InChI is InChI=1S/C30H34F3N9O3S/c1-18(2)9-27(43)42(26-16-35-25(15-36-26)20-12-38-41(3)17-20)22-7-5-21(6-8-22)39-29-37-14-24(30(31,32)33)28(40-29)19-10-23(13-34-11-19)46(4,44)45/h10-18,21-22H,5-9H2,1-4H3,(H,37,39,40)/t21-,22-. The molecule has 1 aliphatic carbocycles. The Kier molecular flexibility index (Phi) is 9.37. The zero-order chi connectivity index (χ0) is 33.2. The topological polar surface area (TPSA) is 149 Å². The van der Waals surface area contributed by atoms with E-state index < -0.39 is 27.3 Å². The third kappa shape index (κ3) is 7.66. The first kappa shape index (κ1) is 32.9. The van der Waals surface area contributed by atoms with Crippen molar-refractivity contribution in [3.63, 3.8) is 0 Å². The van der Waals surface area contributed by atoms with Gasteiger partial charge in [-0.3, -0.25) is 24.3 Å². The van der Waals surface area contributed by atoms with Crippen LogP contribution in [-0.4, -0.2) is 67.4 Å². The summed E-state index contributed by atoms with van der Waals surface area (Å²) in [6.45, 7) is 3.94. The summed E-state index contributed by atoms with van der Waals surface area (Å²) in [6, 6.07) is 0.781. The number of carbonyl (C=O) groups excluding carboxylic acids is 1. The second-order valence-electron chi connectivity index (χ2n) is 11.8. The molecule has 5 rings (SSSR count). The Bertz CT molecular complexity index is 1800. The average Bonchev–Trinajstić information content (AvgIpc) is 3.43. The van der Waals surface area contributed by atoms with Crippen LogP contribution in [-0.2, 0) is 27.9 Å². The van der Waals surface area contributed by atoms with Gasteiger partial charge in [-0.25, -0.2) is 23.4 Å². The molecule has 46 heavy (non-hydrogen) atoms. The molecule has 0 radical (unpaired) electrons. The zero-order valence-corrected chi connectivity index (χ0v) is 26.5. The van der Waals surface area contributed by atoms with Gasteiger partial charge in [0.2, 0.25) is 11.9 Å². The average molecular weight is 658 g/mol. The van der Waals surface area contributed by atoms with E-state index in [1.165, 1.54) is 0 Å². The largest absolute Gasteiger partial charge is 0.419 e. The zero-order valence-electron chi connectivity index (χ0n) is 25.7. The second kappa shape index (κ2) is 13.1. The molecule has 16 heteroatoms. The molecular formula is C30H34F3N9O3S. The number of alkyl halides is 3. The minimum atomic E-state index is -4.78. The number of carbonyl (C=O) groups is 1. The van der Waals surface area contributed by atoms with Crippen LogP contribution in [0.2, 0.25) is 0 Å². The number of pyridine rings is 1. The van der Waals surface area contributed by atoms with E-state index >= 15 is 0 Å². The molecule has 0 bridgehead atoms. The lowest BCUT2D eigenvalue weighted by Gasteiger charge is -2.36. The molecule has 0 saturated heterocycles. The molecule has 0 aliphatic heterocycles. The molecule has 0 spiro atoms. The minimum Gasteiger partial charge on any atom is -0.351 e. The number of anilines is 2. The Morgan fingerprint density at radius 2 is 1.76 bits per heavy atom. The van der Waals surface area contributed by atoms with E-state index in [0.29, 0.717) is 49.8 Å². The molecule has 4 aromatic heterocycles. The lowest BCUT2D eigenvalue weighted by atomic mass is 9.89. The Morgan fingerprint density at radius 1 is 1.02 bits per heavy atom. The number of nitrogens with one attached hydrogen (secondary N) is 1. The number of halogens is 3. The molecular weight excluding hydrogens is 623 g/mol. The van der Waals surface area contributed by atoms with Gasteiger partial charge in [-0.1, -0.05) is 13.8 Å². The molecule has 1 fully saturated rings. The van der Waals surface area contributed by atoms with Crippen molar-refractivity contribution in [1.29, 1.82) is 0 Å². The van der Waals surface area contributed by atoms with Crippen LogP contribution in [0.15, 0.2) is 54.3 Å². The van der Waals surface area contributed by atoms with E-state index in [1.807, 2.05) is 27.1 Å².